The minimum Gasteiger partial charge on any atom is -0.359 e. The number of likely N-dealkylation sites (N-methyl/N-ethyl adjacent to an activating group) is 1. The summed E-state index contributed by atoms with van der Waals surface area (Å²) in [7, 11) is 3.39. The first-order chi connectivity index (χ1) is 10.0. The van der Waals surface area contributed by atoms with Crippen molar-refractivity contribution in [1.29, 1.82) is 0 Å². The Labute approximate surface area is 125 Å². The highest BCUT2D eigenvalue weighted by atomic mass is 16.1. The molecule has 1 aromatic carbocycles. The molecule has 1 N–H and O–H groups in total. The van der Waals surface area contributed by atoms with Crippen LogP contribution in [0.15, 0.2) is 18.2 Å². The summed E-state index contributed by atoms with van der Waals surface area (Å²) < 4.78 is 0. The first-order valence-electron chi connectivity index (χ1n) is 6.92. The predicted octanol–water partition coefficient (Wildman–Crippen LogP) is 1.33. The zero-order valence-corrected chi connectivity index (χ0v) is 12.8. The molecular formula is C16H22N2O3. The van der Waals surface area contributed by atoms with E-state index in [0.29, 0.717) is 24.9 Å². The van der Waals surface area contributed by atoms with Crippen molar-refractivity contribution >= 4 is 18.5 Å². The van der Waals surface area contributed by atoms with Gasteiger partial charge in [-0.3, -0.25) is 14.5 Å². The number of nitrogens with zero attached hydrogens (tertiary/aromatic N) is 1. The molecule has 5 heteroatoms. The summed E-state index contributed by atoms with van der Waals surface area (Å²) >= 11 is 0. The summed E-state index contributed by atoms with van der Waals surface area (Å²) in [6.45, 7) is 2.45. The average molecular weight is 290 g/mol. The molecule has 1 aromatic rings. The molecule has 0 aliphatic carbocycles. The second kappa shape index (κ2) is 8.32. The van der Waals surface area contributed by atoms with E-state index in [1.165, 1.54) is 0 Å². The maximum atomic E-state index is 11.3. The molecule has 0 aliphatic rings. The molecule has 1 rings (SSSR count). The Balaban J connectivity index is 2.75. The van der Waals surface area contributed by atoms with E-state index in [4.69, 9.17) is 0 Å². The largest absolute Gasteiger partial charge is 0.359 e. The lowest BCUT2D eigenvalue weighted by molar-refractivity contribution is -0.121. The Bertz CT molecular complexity index is 514. The number of carbonyl (C=O) groups excluding carboxylic acids is 3. The van der Waals surface area contributed by atoms with Gasteiger partial charge in [-0.25, -0.2) is 0 Å². The van der Waals surface area contributed by atoms with E-state index < -0.39 is 0 Å². The Morgan fingerprint density at radius 2 is 2.10 bits per heavy atom. The van der Waals surface area contributed by atoms with Crippen molar-refractivity contribution in [3.05, 3.63) is 34.9 Å². The van der Waals surface area contributed by atoms with Gasteiger partial charge in [0, 0.05) is 25.6 Å². The van der Waals surface area contributed by atoms with Gasteiger partial charge < -0.3 is 10.1 Å². The minimum absolute atomic E-state index is 0.0839. The third-order valence-corrected chi connectivity index (χ3v) is 3.51. The summed E-state index contributed by atoms with van der Waals surface area (Å²) in [6.07, 6.45) is 2.43. The van der Waals surface area contributed by atoms with Crippen molar-refractivity contribution < 1.29 is 14.4 Å². The zero-order chi connectivity index (χ0) is 15.8. The molecule has 0 heterocycles. The van der Waals surface area contributed by atoms with Crippen LogP contribution in [0.1, 0.15) is 34.3 Å². The van der Waals surface area contributed by atoms with E-state index in [0.717, 1.165) is 23.7 Å². The lowest BCUT2D eigenvalue weighted by Crippen LogP contribution is -2.34. The van der Waals surface area contributed by atoms with E-state index in [1.54, 1.807) is 13.1 Å². The molecule has 0 saturated heterocycles. The van der Waals surface area contributed by atoms with Gasteiger partial charge in [0.1, 0.15) is 12.6 Å². The third-order valence-electron chi connectivity index (χ3n) is 3.51. The van der Waals surface area contributed by atoms with Gasteiger partial charge in [0.25, 0.3) is 0 Å². The first kappa shape index (κ1) is 17.0. The van der Waals surface area contributed by atoms with Gasteiger partial charge in [0.2, 0.25) is 5.91 Å². The molecule has 21 heavy (non-hydrogen) atoms. The highest BCUT2D eigenvalue weighted by molar-refractivity contribution is 5.77. The number of hydrogen-bond acceptors (Lipinski definition) is 4. The van der Waals surface area contributed by atoms with Crippen LogP contribution < -0.4 is 5.32 Å². The summed E-state index contributed by atoms with van der Waals surface area (Å²) in [4.78, 5) is 35.4. The number of nitrogens with one attached hydrogen (secondary N) is 1. The quantitative estimate of drug-likeness (QED) is 0.734. The molecule has 0 aliphatic heterocycles. The predicted molar refractivity (Wildman–Crippen MR) is 81.2 cm³/mol. The van der Waals surface area contributed by atoms with E-state index in [1.807, 2.05) is 31.0 Å². The first-order valence-corrected chi connectivity index (χ1v) is 6.92. The summed E-state index contributed by atoms with van der Waals surface area (Å²) in [5.74, 6) is -0.0839. The maximum Gasteiger partial charge on any atom is 0.219 e. The molecular weight excluding hydrogens is 268 g/mol. The number of aryl methyl sites for hydroxylation is 1. The zero-order valence-electron chi connectivity index (χ0n) is 12.8. The number of hydrogen-bond donors (Lipinski definition) is 1. The number of rotatable bonds is 8. The summed E-state index contributed by atoms with van der Waals surface area (Å²) in [5, 5.41) is 2.54. The van der Waals surface area contributed by atoms with E-state index in [-0.39, 0.29) is 11.9 Å². The Morgan fingerprint density at radius 3 is 2.67 bits per heavy atom. The topological polar surface area (TPSA) is 66.5 Å². The Morgan fingerprint density at radius 1 is 1.38 bits per heavy atom. The van der Waals surface area contributed by atoms with Gasteiger partial charge in [0.05, 0.1) is 6.04 Å². The lowest BCUT2D eigenvalue weighted by atomic mass is 10.0. The van der Waals surface area contributed by atoms with Gasteiger partial charge in [-0.2, -0.15) is 0 Å². The standard InChI is InChI=1S/C16H22N2O3/c1-12-4-5-13(10-19)14(8-12)9-18(3)15(11-20)6-7-16(21)17-2/h4-5,8,10-11,15H,6-7,9H2,1-3H3,(H,17,21). The lowest BCUT2D eigenvalue weighted by Gasteiger charge is -2.24. The third kappa shape index (κ3) is 5.11. The number of carbonyl (C=O) groups is 3. The van der Waals surface area contributed by atoms with E-state index in [2.05, 4.69) is 5.32 Å². The van der Waals surface area contributed by atoms with Crippen LogP contribution in [0.4, 0.5) is 0 Å². The van der Waals surface area contributed by atoms with Crippen LogP contribution in [0, 0.1) is 6.92 Å². The molecule has 0 saturated carbocycles. The van der Waals surface area contributed by atoms with Crippen LogP contribution in [0.2, 0.25) is 0 Å². The fraction of sp³-hybridized carbons (Fsp3) is 0.438. The number of amides is 1. The highest BCUT2D eigenvalue weighted by Gasteiger charge is 2.16. The van der Waals surface area contributed by atoms with Crippen LogP contribution >= 0.6 is 0 Å². The maximum absolute atomic E-state index is 11.3. The van der Waals surface area contributed by atoms with Crippen LogP contribution in [-0.4, -0.2) is 43.5 Å². The number of aldehydes is 2. The molecule has 1 atom stereocenters. The monoisotopic (exact) mass is 290 g/mol. The van der Waals surface area contributed by atoms with E-state index >= 15 is 0 Å². The molecule has 0 bridgehead atoms. The van der Waals surface area contributed by atoms with E-state index in [9.17, 15) is 14.4 Å². The second-order valence-corrected chi connectivity index (χ2v) is 5.15. The molecule has 1 amide bonds. The highest BCUT2D eigenvalue weighted by Crippen LogP contribution is 2.14. The Hall–Kier alpha value is -2.01. The van der Waals surface area contributed by atoms with Crippen LogP contribution in [0.3, 0.4) is 0 Å². The van der Waals surface area contributed by atoms with Crippen LogP contribution in [-0.2, 0) is 16.1 Å². The molecule has 1 unspecified atom stereocenters. The average Bonchev–Trinajstić information content (AvgIpc) is 2.47. The van der Waals surface area contributed by atoms with Crippen molar-refractivity contribution in [2.45, 2.75) is 32.4 Å². The van der Waals surface area contributed by atoms with Crippen molar-refractivity contribution in [3.8, 4) is 0 Å². The molecule has 5 nitrogen and oxygen atoms in total. The number of benzene rings is 1. The molecule has 0 radical (unpaired) electrons. The minimum atomic E-state index is -0.345. The Kier molecular flexibility index (Phi) is 6.75. The second-order valence-electron chi connectivity index (χ2n) is 5.15. The smallest absolute Gasteiger partial charge is 0.219 e. The van der Waals surface area contributed by atoms with Gasteiger partial charge >= 0.3 is 0 Å². The van der Waals surface area contributed by atoms with Crippen LogP contribution in [0.5, 0.6) is 0 Å². The fourth-order valence-electron chi connectivity index (χ4n) is 2.17. The van der Waals surface area contributed by atoms with Crippen molar-refractivity contribution in [2.24, 2.45) is 0 Å². The summed E-state index contributed by atoms with van der Waals surface area (Å²) in [5.41, 5.74) is 2.58. The van der Waals surface area contributed by atoms with Gasteiger partial charge in [-0.1, -0.05) is 23.8 Å². The van der Waals surface area contributed by atoms with Crippen molar-refractivity contribution in [3.63, 3.8) is 0 Å². The van der Waals surface area contributed by atoms with Gasteiger partial charge in [-0.15, -0.1) is 0 Å². The molecule has 114 valence electrons. The molecule has 0 fully saturated rings. The molecule has 0 spiro atoms. The fourth-order valence-corrected chi connectivity index (χ4v) is 2.17. The van der Waals surface area contributed by atoms with Crippen molar-refractivity contribution in [2.75, 3.05) is 14.1 Å². The SMILES string of the molecule is CNC(=O)CCC(C=O)N(C)Cc1cc(C)ccc1C=O. The van der Waals surface area contributed by atoms with Gasteiger partial charge in [-0.05, 0) is 26.0 Å². The van der Waals surface area contributed by atoms with Gasteiger partial charge in [0.15, 0.2) is 0 Å². The van der Waals surface area contributed by atoms with Crippen molar-refractivity contribution in [1.82, 2.24) is 10.2 Å². The van der Waals surface area contributed by atoms with Crippen LogP contribution in [0.25, 0.3) is 0 Å². The normalized spacial score (nSPS) is 12.0. The summed E-state index contributed by atoms with van der Waals surface area (Å²) in [6, 6.07) is 5.27. The molecule has 0 aromatic heterocycles.